The van der Waals surface area contributed by atoms with Gasteiger partial charge in [-0.05, 0) is 44.0 Å². The Balaban J connectivity index is 2.48. The quantitative estimate of drug-likeness (QED) is 0.728. The molecule has 0 unspecified atom stereocenters. The molecule has 1 aromatic rings. The molecule has 0 spiro atoms. The molecule has 1 heterocycles. The lowest BCUT2D eigenvalue weighted by atomic mass is 10.3. The summed E-state index contributed by atoms with van der Waals surface area (Å²) in [6.07, 6.45) is 0. The molecule has 0 aliphatic carbocycles. The highest BCUT2D eigenvalue weighted by Crippen LogP contribution is 2.38. The largest absolute Gasteiger partial charge is 0.454 e. The minimum atomic E-state index is -2.05. The Morgan fingerprint density at radius 3 is 2.09 bits per heavy atom. The second kappa shape index (κ2) is 2.68. The number of rotatable bonds is 0. The summed E-state index contributed by atoms with van der Waals surface area (Å²) in [6, 6.07) is 3.31. The summed E-state index contributed by atoms with van der Waals surface area (Å²) in [5, 5.41) is 0. The highest BCUT2D eigenvalue weighted by molar-refractivity contribution is 9.13. The Labute approximate surface area is 83.6 Å². The molecule has 4 heteroatoms. The van der Waals surface area contributed by atoms with E-state index >= 15 is 0 Å². The van der Waals surface area contributed by atoms with E-state index in [0.717, 1.165) is 8.95 Å². The lowest BCUT2D eigenvalue weighted by molar-refractivity contribution is 0.174. The molecular formula is C7H4Br2O2. The van der Waals surface area contributed by atoms with Gasteiger partial charge in [0.15, 0.2) is 11.5 Å². The fourth-order valence-corrected chi connectivity index (χ4v) is 1.43. The van der Waals surface area contributed by atoms with Crippen molar-refractivity contribution in [3.8, 4) is 11.5 Å². The average Bonchev–Trinajstić information content (AvgIpc) is 2.24. The van der Waals surface area contributed by atoms with Crippen LogP contribution in [0.5, 0.6) is 11.5 Å². The minimum absolute atomic E-state index is 0.403. The van der Waals surface area contributed by atoms with Crippen LogP contribution < -0.4 is 9.47 Å². The van der Waals surface area contributed by atoms with Crippen molar-refractivity contribution in [1.82, 2.24) is 0 Å². The summed E-state index contributed by atoms with van der Waals surface area (Å²) in [5.41, 5.74) is 0. The third kappa shape index (κ3) is 1.25. The number of hydrogen-bond acceptors (Lipinski definition) is 2. The number of hydrogen-bond donors (Lipinski definition) is 0. The van der Waals surface area contributed by atoms with Crippen molar-refractivity contribution in [3.05, 3.63) is 21.1 Å². The van der Waals surface area contributed by atoms with Crippen LogP contribution in [-0.4, -0.2) is 6.75 Å². The van der Waals surface area contributed by atoms with E-state index in [1.54, 1.807) is 12.1 Å². The van der Waals surface area contributed by atoms with Gasteiger partial charge in [-0.25, -0.2) is 0 Å². The van der Waals surface area contributed by atoms with Gasteiger partial charge in [0.1, 0.15) is 2.74 Å². The first kappa shape index (κ1) is 5.43. The van der Waals surface area contributed by atoms with Crippen LogP contribution in [0.1, 0.15) is 2.74 Å². The molecule has 1 aromatic carbocycles. The first-order valence-corrected chi connectivity index (χ1v) is 4.44. The Hall–Kier alpha value is -0.220. The van der Waals surface area contributed by atoms with Crippen molar-refractivity contribution in [2.75, 3.05) is 6.75 Å². The standard InChI is InChI=1S/C7H4Br2O2/c8-4-1-6-7(2-5(4)9)11-3-10-6/h1-2H,3H2/i3D2. The van der Waals surface area contributed by atoms with E-state index in [1.165, 1.54) is 0 Å². The van der Waals surface area contributed by atoms with Crippen molar-refractivity contribution in [2.45, 2.75) is 0 Å². The van der Waals surface area contributed by atoms with Crippen molar-refractivity contribution >= 4 is 31.9 Å². The third-order valence-electron chi connectivity index (χ3n) is 1.29. The molecule has 1 aliphatic heterocycles. The Bertz CT molecular complexity index is 335. The Morgan fingerprint density at radius 1 is 1.18 bits per heavy atom. The molecule has 2 nitrogen and oxygen atoms in total. The third-order valence-corrected chi connectivity index (χ3v) is 3.13. The Kier molecular flexibility index (Phi) is 1.32. The van der Waals surface area contributed by atoms with Gasteiger partial charge in [-0.3, -0.25) is 0 Å². The van der Waals surface area contributed by atoms with E-state index in [1.807, 2.05) is 0 Å². The summed E-state index contributed by atoms with van der Waals surface area (Å²) in [5.74, 6) is 0.806. The first-order valence-electron chi connectivity index (χ1n) is 3.85. The summed E-state index contributed by atoms with van der Waals surface area (Å²) in [4.78, 5) is 0. The van der Waals surface area contributed by atoms with Gasteiger partial charge in [0.2, 0.25) is 6.75 Å². The average molecular weight is 282 g/mol. The van der Waals surface area contributed by atoms with Crippen LogP contribution in [0.25, 0.3) is 0 Å². The van der Waals surface area contributed by atoms with Gasteiger partial charge in [-0.1, -0.05) is 0 Å². The molecule has 0 radical (unpaired) electrons. The molecule has 58 valence electrons. The first-order chi connectivity index (χ1) is 5.98. The molecule has 0 saturated carbocycles. The second-order valence-electron chi connectivity index (χ2n) is 2.00. The molecule has 1 aliphatic rings. The molecule has 0 N–H and O–H groups in total. The maximum absolute atomic E-state index is 7.20. The smallest absolute Gasteiger partial charge is 0.231 e. The predicted octanol–water partition coefficient (Wildman–Crippen LogP) is 2.94. The van der Waals surface area contributed by atoms with Gasteiger partial charge in [-0.15, -0.1) is 0 Å². The molecule has 0 fully saturated rings. The maximum atomic E-state index is 7.20. The fourth-order valence-electron chi connectivity index (χ4n) is 0.780. The van der Waals surface area contributed by atoms with Crippen molar-refractivity contribution in [2.24, 2.45) is 0 Å². The SMILES string of the molecule is [2H]C1([2H])Oc2cc(Br)c(Br)cc2O1. The van der Waals surface area contributed by atoms with Gasteiger partial charge < -0.3 is 9.47 Å². The highest BCUT2D eigenvalue weighted by Gasteiger charge is 2.14. The zero-order chi connectivity index (χ0) is 9.64. The lowest BCUT2D eigenvalue weighted by Crippen LogP contribution is -1.92. The summed E-state index contributed by atoms with van der Waals surface area (Å²) < 4.78 is 25.8. The normalized spacial score (nSPS) is 20.9. The number of benzene rings is 1. The topological polar surface area (TPSA) is 18.5 Å². The maximum Gasteiger partial charge on any atom is 0.231 e. The van der Waals surface area contributed by atoms with Gasteiger partial charge in [0.25, 0.3) is 0 Å². The molecule has 0 saturated heterocycles. The number of fused-ring (bicyclic) bond motifs is 1. The molecule has 11 heavy (non-hydrogen) atoms. The zero-order valence-corrected chi connectivity index (χ0v) is 8.40. The number of ether oxygens (including phenoxy) is 2. The van der Waals surface area contributed by atoms with Gasteiger partial charge in [-0.2, -0.15) is 0 Å². The molecule has 0 bridgehead atoms. The summed E-state index contributed by atoms with van der Waals surface area (Å²) >= 11 is 6.56. The van der Waals surface area contributed by atoms with Crippen molar-refractivity contribution < 1.29 is 12.2 Å². The monoisotopic (exact) mass is 280 g/mol. The Morgan fingerprint density at radius 2 is 1.64 bits per heavy atom. The molecule has 2 rings (SSSR count). The molecule has 0 amide bonds. The van der Waals surface area contributed by atoms with Crippen LogP contribution in [0.2, 0.25) is 0 Å². The number of halogens is 2. The van der Waals surface area contributed by atoms with Crippen molar-refractivity contribution in [3.63, 3.8) is 0 Å². The zero-order valence-electron chi connectivity index (χ0n) is 7.23. The van der Waals surface area contributed by atoms with Gasteiger partial charge in [0, 0.05) is 8.95 Å². The second-order valence-corrected chi connectivity index (χ2v) is 3.71. The lowest BCUT2D eigenvalue weighted by Gasteiger charge is -1.98. The van der Waals surface area contributed by atoms with E-state index in [-0.39, 0.29) is 0 Å². The molecular weight excluding hydrogens is 276 g/mol. The van der Waals surface area contributed by atoms with Crippen LogP contribution >= 0.6 is 31.9 Å². The predicted molar refractivity (Wildman–Crippen MR) is 48.0 cm³/mol. The highest BCUT2D eigenvalue weighted by atomic mass is 79.9. The summed E-state index contributed by atoms with van der Waals surface area (Å²) in [7, 11) is 0. The van der Waals surface area contributed by atoms with E-state index in [4.69, 9.17) is 12.2 Å². The van der Waals surface area contributed by atoms with Crippen LogP contribution in [0, 0.1) is 0 Å². The molecule has 0 aromatic heterocycles. The van der Waals surface area contributed by atoms with Crippen LogP contribution in [0.15, 0.2) is 21.1 Å². The van der Waals surface area contributed by atoms with Crippen LogP contribution in [0.4, 0.5) is 0 Å². The van der Waals surface area contributed by atoms with Gasteiger partial charge >= 0.3 is 0 Å². The molecule has 0 atom stereocenters. The van der Waals surface area contributed by atoms with Crippen LogP contribution in [0.3, 0.4) is 0 Å². The van der Waals surface area contributed by atoms with Crippen molar-refractivity contribution in [1.29, 1.82) is 0 Å². The van der Waals surface area contributed by atoms with E-state index in [2.05, 4.69) is 31.9 Å². The van der Waals surface area contributed by atoms with E-state index in [9.17, 15) is 0 Å². The van der Waals surface area contributed by atoms with E-state index in [0.29, 0.717) is 11.5 Å². The minimum Gasteiger partial charge on any atom is -0.454 e. The van der Waals surface area contributed by atoms with Crippen LogP contribution in [-0.2, 0) is 0 Å². The van der Waals surface area contributed by atoms with Gasteiger partial charge in [0.05, 0.1) is 0 Å². The fraction of sp³-hybridized carbons (Fsp3) is 0.143. The summed E-state index contributed by atoms with van der Waals surface area (Å²) in [6.45, 7) is -2.05. The van der Waals surface area contributed by atoms with E-state index < -0.39 is 6.75 Å².